The number of nitrogens with zero attached hydrogens (tertiary/aromatic N) is 3. The largest absolute Gasteiger partial charge is 0.383 e. The number of barbiturate groups is 1. The fourth-order valence-corrected chi connectivity index (χ4v) is 3.58. The van der Waals surface area contributed by atoms with E-state index in [1.165, 1.54) is 13.2 Å². The topological polar surface area (TPSA) is 71.8 Å². The van der Waals surface area contributed by atoms with Gasteiger partial charge in [-0.15, -0.1) is 0 Å². The average Bonchev–Trinajstić information content (AvgIpc) is 3.26. The molecule has 8 heteroatoms. The Kier molecular flexibility index (Phi) is 6.20. The first kappa shape index (κ1) is 21.5. The number of aromatic nitrogens is 1. The summed E-state index contributed by atoms with van der Waals surface area (Å²) in [5, 5.41) is 0.601. The zero-order valence-electron chi connectivity index (χ0n) is 17.3. The van der Waals surface area contributed by atoms with Gasteiger partial charge in [-0.2, -0.15) is 0 Å². The van der Waals surface area contributed by atoms with Gasteiger partial charge in [-0.3, -0.25) is 14.5 Å². The second kappa shape index (κ2) is 9.21. The molecule has 32 heavy (non-hydrogen) atoms. The zero-order valence-corrected chi connectivity index (χ0v) is 18.0. The second-order valence-electron chi connectivity index (χ2n) is 7.05. The molecule has 4 rings (SSSR count). The van der Waals surface area contributed by atoms with Gasteiger partial charge >= 0.3 is 6.03 Å². The van der Waals surface area contributed by atoms with Crippen molar-refractivity contribution in [3.63, 3.8) is 0 Å². The maximum Gasteiger partial charge on any atom is 0.338 e. The Morgan fingerprint density at radius 2 is 1.59 bits per heavy atom. The summed E-state index contributed by atoms with van der Waals surface area (Å²) in [6, 6.07) is 18.6. The molecular weight excluding hydrogens is 430 g/mol. The van der Waals surface area contributed by atoms with Crippen molar-refractivity contribution < 1.29 is 19.1 Å². The summed E-state index contributed by atoms with van der Waals surface area (Å²) in [4.78, 5) is 41.5. The van der Waals surface area contributed by atoms with E-state index >= 15 is 0 Å². The first-order valence-corrected chi connectivity index (χ1v) is 10.3. The molecule has 2 aromatic carbocycles. The highest BCUT2D eigenvalue weighted by atomic mass is 35.5. The third-order valence-corrected chi connectivity index (χ3v) is 5.29. The van der Waals surface area contributed by atoms with E-state index in [1.807, 2.05) is 29.0 Å². The third-order valence-electron chi connectivity index (χ3n) is 5.04. The summed E-state index contributed by atoms with van der Waals surface area (Å²) in [5.74, 6) is -1.34. The van der Waals surface area contributed by atoms with Crippen LogP contribution in [0.2, 0.25) is 5.02 Å². The highest BCUT2D eigenvalue weighted by molar-refractivity contribution is 6.39. The fraction of sp³-hybridized carbons (Fsp3) is 0.125. The Morgan fingerprint density at radius 1 is 0.875 bits per heavy atom. The standard InChI is InChI=1S/C24H20ClN3O4/c1-32-15-14-27-22(29)21(23(30)28(24(27)31)19-6-3-2-4-7-19)16-20-8-5-13-26(20)18-11-9-17(25)10-12-18/h2-13,16H,14-15H2,1H3/b21-16-. The molecule has 1 aromatic heterocycles. The number of rotatable bonds is 6. The fourth-order valence-electron chi connectivity index (χ4n) is 3.46. The monoisotopic (exact) mass is 449 g/mol. The Balaban J connectivity index is 1.78. The Labute approximate surface area is 190 Å². The Morgan fingerprint density at radius 3 is 2.28 bits per heavy atom. The molecule has 2 heterocycles. The van der Waals surface area contributed by atoms with Crippen LogP contribution in [0.1, 0.15) is 5.69 Å². The lowest BCUT2D eigenvalue weighted by Crippen LogP contribution is -2.57. The number of carbonyl (C=O) groups excluding carboxylic acids is 3. The number of ether oxygens (including phenoxy) is 1. The third kappa shape index (κ3) is 4.08. The van der Waals surface area contributed by atoms with Gasteiger partial charge in [0.1, 0.15) is 5.57 Å². The van der Waals surface area contributed by atoms with Gasteiger partial charge in [0.2, 0.25) is 0 Å². The summed E-state index contributed by atoms with van der Waals surface area (Å²) < 4.78 is 6.88. The average molecular weight is 450 g/mol. The van der Waals surface area contributed by atoms with Crippen molar-refractivity contribution in [1.29, 1.82) is 0 Å². The van der Waals surface area contributed by atoms with Crippen molar-refractivity contribution in [3.05, 3.63) is 89.2 Å². The lowest BCUT2D eigenvalue weighted by atomic mass is 10.1. The van der Waals surface area contributed by atoms with Crippen LogP contribution in [0.25, 0.3) is 11.8 Å². The Bertz CT molecular complexity index is 1190. The normalized spacial score (nSPS) is 15.7. The van der Waals surface area contributed by atoms with Crippen LogP contribution in [0.5, 0.6) is 0 Å². The van der Waals surface area contributed by atoms with E-state index in [0.717, 1.165) is 15.5 Å². The Hall–Kier alpha value is -3.68. The van der Waals surface area contributed by atoms with Crippen molar-refractivity contribution in [2.45, 2.75) is 0 Å². The van der Waals surface area contributed by atoms with Gasteiger partial charge in [0.25, 0.3) is 11.8 Å². The van der Waals surface area contributed by atoms with E-state index in [4.69, 9.17) is 16.3 Å². The van der Waals surface area contributed by atoms with Gasteiger partial charge < -0.3 is 9.30 Å². The number of imide groups is 2. The van der Waals surface area contributed by atoms with Gasteiger partial charge in [-0.25, -0.2) is 9.69 Å². The van der Waals surface area contributed by atoms with Crippen LogP contribution in [-0.2, 0) is 14.3 Å². The number of anilines is 1. The summed E-state index contributed by atoms with van der Waals surface area (Å²) >= 11 is 5.99. The predicted octanol–water partition coefficient (Wildman–Crippen LogP) is 4.16. The van der Waals surface area contributed by atoms with Crippen LogP contribution in [0.4, 0.5) is 10.5 Å². The van der Waals surface area contributed by atoms with E-state index in [9.17, 15) is 14.4 Å². The molecule has 4 amide bonds. The summed E-state index contributed by atoms with van der Waals surface area (Å²) in [7, 11) is 1.48. The van der Waals surface area contributed by atoms with E-state index in [2.05, 4.69) is 0 Å². The van der Waals surface area contributed by atoms with Crippen molar-refractivity contribution in [2.75, 3.05) is 25.2 Å². The van der Waals surface area contributed by atoms with Crippen molar-refractivity contribution in [3.8, 4) is 5.69 Å². The van der Waals surface area contributed by atoms with Crippen LogP contribution in [0.3, 0.4) is 0 Å². The molecule has 1 fully saturated rings. The molecular formula is C24H20ClN3O4. The lowest BCUT2D eigenvalue weighted by molar-refractivity contribution is -0.129. The number of hydrogen-bond donors (Lipinski definition) is 0. The molecule has 0 bridgehead atoms. The molecule has 0 saturated carbocycles. The van der Waals surface area contributed by atoms with Crippen LogP contribution < -0.4 is 4.90 Å². The number of halogens is 1. The second-order valence-corrected chi connectivity index (χ2v) is 7.48. The van der Waals surface area contributed by atoms with E-state index < -0.39 is 17.8 Å². The minimum atomic E-state index is -0.700. The van der Waals surface area contributed by atoms with Gasteiger partial charge in [0.15, 0.2) is 0 Å². The molecule has 0 N–H and O–H groups in total. The van der Waals surface area contributed by atoms with Gasteiger partial charge in [-0.1, -0.05) is 29.8 Å². The zero-order chi connectivity index (χ0) is 22.7. The molecule has 1 saturated heterocycles. The van der Waals surface area contributed by atoms with E-state index in [-0.39, 0.29) is 18.7 Å². The molecule has 0 spiro atoms. The van der Waals surface area contributed by atoms with E-state index in [0.29, 0.717) is 16.4 Å². The van der Waals surface area contributed by atoms with Crippen molar-refractivity contribution in [2.24, 2.45) is 0 Å². The van der Waals surface area contributed by atoms with Gasteiger partial charge in [-0.05, 0) is 54.6 Å². The molecule has 162 valence electrons. The summed E-state index contributed by atoms with van der Waals surface area (Å²) in [6.45, 7) is 0.184. The molecule has 0 atom stereocenters. The maximum absolute atomic E-state index is 13.3. The smallest absolute Gasteiger partial charge is 0.338 e. The molecule has 0 aliphatic carbocycles. The number of urea groups is 1. The molecule has 7 nitrogen and oxygen atoms in total. The minimum Gasteiger partial charge on any atom is -0.383 e. The minimum absolute atomic E-state index is 0.0281. The number of para-hydroxylation sites is 1. The highest BCUT2D eigenvalue weighted by Crippen LogP contribution is 2.26. The number of carbonyl (C=O) groups is 3. The summed E-state index contributed by atoms with van der Waals surface area (Å²) in [6.07, 6.45) is 3.32. The highest BCUT2D eigenvalue weighted by Gasteiger charge is 2.42. The first-order valence-electron chi connectivity index (χ1n) is 9.90. The first-order chi connectivity index (χ1) is 15.5. The molecule has 0 radical (unpaired) electrons. The molecule has 0 unspecified atom stereocenters. The van der Waals surface area contributed by atoms with E-state index in [1.54, 1.807) is 48.5 Å². The SMILES string of the molecule is COCCN1C(=O)/C(=C/c2cccn2-c2ccc(Cl)cc2)C(=O)N(c2ccccc2)C1=O. The maximum atomic E-state index is 13.3. The molecule has 3 aromatic rings. The van der Waals surface area contributed by atoms with Crippen LogP contribution >= 0.6 is 11.6 Å². The number of methoxy groups -OCH3 is 1. The van der Waals surface area contributed by atoms with Gasteiger partial charge in [0.05, 0.1) is 18.8 Å². The predicted molar refractivity (Wildman–Crippen MR) is 122 cm³/mol. The lowest BCUT2D eigenvalue weighted by Gasteiger charge is -2.33. The number of benzene rings is 2. The van der Waals surface area contributed by atoms with Crippen LogP contribution in [0.15, 0.2) is 78.5 Å². The number of hydrogen-bond acceptors (Lipinski definition) is 4. The molecule has 1 aliphatic heterocycles. The molecule has 1 aliphatic rings. The van der Waals surface area contributed by atoms with Crippen LogP contribution in [0, 0.1) is 0 Å². The number of amides is 4. The van der Waals surface area contributed by atoms with Crippen LogP contribution in [-0.4, -0.2) is 47.6 Å². The van der Waals surface area contributed by atoms with Crippen molar-refractivity contribution >= 4 is 41.2 Å². The summed E-state index contributed by atoms with van der Waals surface area (Å²) in [5.41, 5.74) is 1.70. The quantitative estimate of drug-likeness (QED) is 0.418. The van der Waals surface area contributed by atoms with Gasteiger partial charge in [0, 0.05) is 29.7 Å². The van der Waals surface area contributed by atoms with Crippen molar-refractivity contribution in [1.82, 2.24) is 9.47 Å².